The van der Waals surface area contributed by atoms with Gasteiger partial charge in [0.05, 0.1) is 17.1 Å². The van der Waals surface area contributed by atoms with E-state index in [-0.39, 0.29) is 5.56 Å². The molecule has 0 unspecified atom stereocenters. The van der Waals surface area contributed by atoms with Crippen molar-refractivity contribution < 1.29 is 0 Å². The third kappa shape index (κ3) is 1.61. The van der Waals surface area contributed by atoms with Gasteiger partial charge in [0.15, 0.2) is 0 Å². The maximum atomic E-state index is 11.8. The molecule has 0 saturated carbocycles. The van der Waals surface area contributed by atoms with Crippen molar-refractivity contribution in [3.8, 4) is 5.95 Å². The molecule has 0 aliphatic carbocycles. The Balaban J connectivity index is 2.29. The first-order chi connectivity index (χ1) is 8.24. The monoisotopic (exact) mass is 226 g/mol. The summed E-state index contributed by atoms with van der Waals surface area (Å²) in [6, 6.07) is 7.23. The first-order valence-corrected chi connectivity index (χ1v) is 5.25. The number of aromatic amines is 1. The quantitative estimate of drug-likeness (QED) is 0.682. The average Bonchev–Trinajstić information content (AvgIpc) is 2.76. The van der Waals surface area contributed by atoms with Crippen LogP contribution in [0.5, 0.6) is 0 Å². The van der Waals surface area contributed by atoms with Crippen LogP contribution in [0.25, 0.3) is 16.9 Å². The zero-order valence-electron chi connectivity index (χ0n) is 9.21. The van der Waals surface area contributed by atoms with Crippen LogP contribution in [-0.2, 0) is 0 Å². The highest BCUT2D eigenvalue weighted by atomic mass is 16.1. The van der Waals surface area contributed by atoms with Crippen LogP contribution in [0.1, 0.15) is 5.56 Å². The Morgan fingerprint density at radius 1 is 1.29 bits per heavy atom. The maximum Gasteiger partial charge on any atom is 0.260 e. The molecule has 0 fully saturated rings. The normalized spacial score (nSPS) is 10.9. The smallest absolute Gasteiger partial charge is 0.260 e. The standard InChI is InChI=1S/C12H10N4O/c1-8-6-13-16(7-8)12-14-10-5-3-2-4-9(10)11(17)15-12/h2-7H,1H3,(H,14,15,17). The summed E-state index contributed by atoms with van der Waals surface area (Å²) < 4.78 is 1.56. The fourth-order valence-corrected chi connectivity index (χ4v) is 1.71. The number of hydrogen-bond donors (Lipinski definition) is 1. The molecule has 1 aromatic carbocycles. The molecule has 2 heterocycles. The van der Waals surface area contributed by atoms with Gasteiger partial charge in [0, 0.05) is 6.20 Å². The predicted molar refractivity (Wildman–Crippen MR) is 64.2 cm³/mol. The van der Waals surface area contributed by atoms with Gasteiger partial charge in [-0.3, -0.25) is 9.78 Å². The third-order valence-corrected chi connectivity index (χ3v) is 2.53. The lowest BCUT2D eigenvalue weighted by molar-refractivity contribution is 0.810. The van der Waals surface area contributed by atoms with Gasteiger partial charge in [0.2, 0.25) is 5.95 Å². The molecule has 1 N–H and O–H groups in total. The highest BCUT2D eigenvalue weighted by Gasteiger charge is 2.05. The lowest BCUT2D eigenvalue weighted by Crippen LogP contribution is -2.13. The van der Waals surface area contributed by atoms with E-state index in [1.165, 1.54) is 0 Å². The van der Waals surface area contributed by atoms with Crippen molar-refractivity contribution in [1.29, 1.82) is 0 Å². The topological polar surface area (TPSA) is 63.6 Å². The summed E-state index contributed by atoms with van der Waals surface area (Å²) in [6.07, 6.45) is 3.53. The second kappa shape index (κ2) is 3.55. The van der Waals surface area contributed by atoms with Gasteiger partial charge < -0.3 is 0 Å². The molecule has 84 valence electrons. The maximum absolute atomic E-state index is 11.8. The molecule has 0 saturated heterocycles. The Hall–Kier alpha value is -2.43. The van der Waals surface area contributed by atoms with Crippen molar-refractivity contribution in [3.05, 3.63) is 52.6 Å². The van der Waals surface area contributed by atoms with Crippen LogP contribution in [0.4, 0.5) is 0 Å². The van der Waals surface area contributed by atoms with Crippen molar-refractivity contribution >= 4 is 10.9 Å². The zero-order valence-corrected chi connectivity index (χ0v) is 9.21. The number of nitrogens with one attached hydrogen (secondary N) is 1. The van der Waals surface area contributed by atoms with Crippen LogP contribution in [-0.4, -0.2) is 19.7 Å². The van der Waals surface area contributed by atoms with E-state index in [1.54, 1.807) is 16.9 Å². The van der Waals surface area contributed by atoms with E-state index >= 15 is 0 Å². The van der Waals surface area contributed by atoms with Crippen molar-refractivity contribution in [2.24, 2.45) is 0 Å². The zero-order chi connectivity index (χ0) is 11.8. The van der Waals surface area contributed by atoms with Gasteiger partial charge in [-0.15, -0.1) is 0 Å². The highest BCUT2D eigenvalue weighted by Crippen LogP contribution is 2.08. The SMILES string of the molecule is Cc1cnn(-c2nc3ccccc3c(=O)[nH]2)c1. The third-order valence-electron chi connectivity index (χ3n) is 2.53. The molecular formula is C12H10N4O. The highest BCUT2D eigenvalue weighted by molar-refractivity contribution is 5.77. The molecule has 0 bridgehead atoms. The van der Waals surface area contributed by atoms with E-state index in [0.717, 1.165) is 5.56 Å². The van der Waals surface area contributed by atoms with Crippen LogP contribution in [0.3, 0.4) is 0 Å². The Labute approximate surface area is 96.7 Å². The Morgan fingerprint density at radius 3 is 2.88 bits per heavy atom. The molecule has 5 nitrogen and oxygen atoms in total. The van der Waals surface area contributed by atoms with Crippen LogP contribution >= 0.6 is 0 Å². The van der Waals surface area contributed by atoms with Gasteiger partial charge in [0.1, 0.15) is 0 Å². The lowest BCUT2D eigenvalue weighted by Gasteiger charge is -2.01. The fraction of sp³-hybridized carbons (Fsp3) is 0.0833. The Bertz CT molecular complexity index is 741. The predicted octanol–water partition coefficient (Wildman–Crippen LogP) is 1.42. The summed E-state index contributed by atoms with van der Waals surface area (Å²) >= 11 is 0. The lowest BCUT2D eigenvalue weighted by atomic mass is 10.2. The number of rotatable bonds is 1. The largest absolute Gasteiger partial charge is 0.290 e. The number of para-hydroxylation sites is 1. The van der Waals surface area contributed by atoms with Crippen molar-refractivity contribution in [2.75, 3.05) is 0 Å². The number of hydrogen-bond acceptors (Lipinski definition) is 3. The number of nitrogens with zero attached hydrogens (tertiary/aromatic N) is 3. The van der Waals surface area contributed by atoms with Gasteiger partial charge in [-0.1, -0.05) is 12.1 Å². The van der Waals surface area contributed by atoms with Crippen LogP contribution in [0.15, 0.2) is 41.5 Å². The number of fused-ring (bicyclic) bond motifs is 1. The minimum Gasteiger partial charge on any atom is -0.290 e. The fourth-order valence-electron chi connectivity index (χ4n) is 1.71. The van der Waals surface area contributed by atoms with E-state index in [0.29, 0.717) is 16.9 Å². The van der Waals surface area contributed by atoms with E-state index < -0.39 is 0 Å². The number of aromatic nitrogens is 4. The van der Waals surface area contributed by atoms with Gasteiger partial charge in [-0.25, -0.2) is 9.67 Å². The first-order valence-electron chi connectivity index (χ1n) is 5.25. The summed E-state index contributed by atoms with van der Waals surface area (Å²) in [5.41, 5.74) is 1.53. The van der Waals surface area contributed by atoms with Crippen LogP contribution in [0.2, 0.25) is 0 Å². The number of benzene rings is 1. The summed E-state index contributed by atoms with van der Waals surface area (Å²) in [6.45, 7) is 1.93. The molecule has 0 radical (unpaired) electrons. The van der Waals surface area contributed by atoms with E-state index in [1.807, 2.05) is 31.3 Å². The van der Waals surface area contributed by atoms with Gasteiger partial charge in [-0.05, 0) is 24.6 Å². The van der Waals surface area contributed by atoms with Crippen molar-refractivity contribution in [2.45, 2.75) is 6.92 Å². The summed E-state index contributed by atoms with van der Waals surface area (Å²) in [5, 5.41) is 4.70. The molecule has 3 rings (SSSR count). The first kappa shape index (κ1) is 9.77. The molecule has 17 heavy (non-hydrogen) atoms. The van der Waals surface area contributed by atoms with Gasteiger partial charge in [0.25, 0.3) is 5.56 Å². The molecule has 2 aromatic heterocycles. The summed E-state index contributed by atoms with van der Waals surface area (Å²) in [5.74, 6) is 0.432. The van der Waals surface area contributed by atoms with Crippen LogP contribution < -0.4 is 5.56 Å². The van der Waals surface area contributed by atoms with Gasteiger partial charge in [-0.2, -0.15) is 5.10 Å². The minimum absolute atomic E-state index is 0.154. The molecule has 0 spiro atoms. The number of aryl methyl sites for hydroxylation is 1. The number of H-pyrrole nitrogens is 1. The molecule has 0 aliphatic heterocycles. The summed E-state index contributed by atoms with van der Waals surface area (Å²) in [7, 11) is 0. The van der Waals surface area contributed by atoms with Crippen molar-refractivity contribution in [1.82, 2.24) is 19.7 Å². The van der Waals surface area contributed by atoms with E-state index in [4.69, 9.17) is 0 Å². The molecular weight excluding hydrogens is 216 g/mol. The second-order valence-corrected chi connectivity index (χ2v) is 3.87. The molecule has 0 atom stereocenters. The average molecular weight is 226 g/mol. The molecule has 0 amide bonds. The van der Waals surface area contributed by atoms with E-state index in [2.05, 4.69) is 15.1 Å². The van der Waals surface area contributed by atoms with Gasteiger partial charge >= 0.3 is 0 Å². The van der Waals surface area contributed by atoms with Crippen LogP contribution in [0, 0.1) is 6.92 Å². The van der Waals surface area contributed by atoms with E-state index in [9.17, 15) is 4.79 Å². The molecule has 0 aliphatic rings. The summed E-state index contributed by atoms with van der Waals surface area (Å²) in [4.78, 5) is 18.9. The minimum atomic E-state index is -0.154. The molecule has 5 heteroatoms. The second-order valence-electron chi connectivity index (χ2n) is 3.87. The Kier molecular flexibility index (Phi) is 2.04. The molecule has 3 aromatic rings. The van der Waals surface area contributed by atoms with Crippen molar-refractivity contribution in [3.63, 3.8) is 0 Å². The Morgan fingerprint density at radius 2 is 2.12 bits per heavy atom.